The van der Waals surface area contributed by atoms with Crippen molar-refractivity contribution in [2.75, 3.05) is 12.4 Å². The average Bonchev–Trinajstić information content (AvgIpc) is 3.50. The summed E-state index contributed by atoms with van der Waals surface area (Å²) in [6.07, 6.45) is 6.93. The van der Waals surface area contributed by atoms with Crippen LogP contribution in [-0.2, 0) is 23.8 Å². The number of aliphatic hydroxyl groups excluding tert-OH is 2. The Morgan fingerprint density at radius 3 is 2.26 bits per heavy atom. The molecule has 2 aromatic carbocycles. The topological polar surface area (TPSA) is 256 Å². The predicted octanol–water partition coefficient (Wildman–Crippen LogP) is 4.91. The van der Waals surface area contributed by atoms with E-state index in [4.69, 9.17) is 18.9 Å². The lowest BCUT2D eigenvalue weighted by atomic mass is 9.78. The molecule has 61 heavy (non-hydrogen) atoms. The summed E-state index contributed by atoms with van der Waals surface area (Å²) in [5.74, 6) is -9.87. The molecule has 6 rings (SSSR count). The minimum atomic E-state index is -2.11. The standard InChI is InChI=1S/C44H52N4O13/c1-20-11-10-12-21(2)42(56)47-33-28(19-46-48-43(57)27-13-16-45-17-14-27)37(53)30-31(38(33)54)36(52)25(6)40-32(30)41(55)44(8,61-40)59-18-15-29(58-9)22(3)39(60-26(7)49)24(5)35(51)23(4)34(20)50/h10-20,22-24,29,34-35,39,50-54H,1-9H3,(H,47,56)(H,48,57)/b11-10-,18-15-,21-12-,46-19-. The molecule has 4 heterocycles. The quantitative estimate of drug-likeness (QED) is 0.0592. The highest BCUT2D eigenvalue weighted by Crippen LogP contribution is 2.55. The van der Waals surface area contributed by atoms with E-state index >= 15 is 0 Å². The van der Waals surface area contributed by atoms with Gasteiger partial charge in [0.1, 0.15) is 23.4 Å². The number of nitrogens with one attached hydrogen (secondary N) is 2. The summed E-state index contributed by atoms with van der Waals surface area (Å²) < 4.78 is 23.5. The van der Waals surface area contributed by atoms with E-state index in [9.17, 15) is 44.7 Å². The lowest BCUT2D eigenvalue weighted by Crippen LogP contribution is -2.46. The van der Waals surface area contributed by atoms with E-state index < -0.39 is 106 Å². The van der Waals surface area contributed by atoms with Crippen LogP contribution in [0.1, 0.15) is 80.3 Å². The van der Waals surface area contributed by atoms with E-state index in [2.05, 4.69) is 20.8 Å². The fourth-order valence-corrected chi connectivity index (χ4v) is 7.60. The summed E-state index contributed by atoms with van der Waals surface area (Å²) in [6, 6.07) is 2.87. The number of allylic oxidation sites excluding steroid dienone is 2. The molecule has 0 radical (unpaired) electrons. The van der Waals surface area contributed by atoms with Crippen LogP contribution in [0.25, 0.3) is 10.8 Å². The Morgan fingerprint density at radius 1 is 0.951 bits per heavy atom. The molecule has 3 aliphatic heterocycles. The first-order valence-electron chi connectivity index (χ1n) is 19.6. The number of hydrogen-bond acceptors (Lipinski definition) is 15. The smallest absolute Gasteiger partial charge is 0.312 e. The Hall–Kier alpha value is -6.30. The molecular weight excluding hydrogens is 792 g/mol. The number of methoxy groups -OCH3 is 1. The van der Waals surface area contributed by atoms with Gasteiger partial charge in [-0.25, -0.2) is 5.43 Å². The number of hydrazone groups is 1. The van der Waals surface area contributed by atoms with Crippen LogP contribution < -0.4 is 15.5 Å². The lowest BCUT2D eigenvalue weighted by Gasteiger charge is -2.38. The molecule has 9 unspecified atom stereocenters. The predicted molar refractivity (Wildman–Crippen MR) is 223 cm³/mol. The van der Waals surface area contributed by atoms with E-state index in [0.717, 1.165) is 12.5 Å². The van der Waals surface area contributed by atoms with Gasteiger partial charge in [0.15, 0.2) is 5.75 Å². The highest BCUT2D eigenvalue weighted by Gasteiger charge is 2.50. The molecule has 0 saturated heterocycles. The van der Waals surface area contributed by atoms with Gasteiger partial charge in [0, 0.05) is 79.1 Å². The summed E-state index contributed by atoms with van der Waals surface area (Å²) in [4.78, 5) is 57.1. The number of benzene rings is 2. The molecule has 9 atom stereocenters. The Labute approximate surface area is 352 Å². The number of nitrogens with zero attached hydrogens (tertiary/aromatic N) is 2. The summed E-state index contributed by atoms with van der Waals surface area (Å²) in [6.45, 7) is 12.2. The third-order valence-corrected chi connectivity index (χ3v) is 11.3. The van der Waals surface area contributed by atoms with Gasteiger partial charge >= 0.3 is 11.8 Å². The number of fused-ring (bicyclic) bond motifs is 14. The van der Waals surface area contributed by atoms with Crippen LogP contribution in [0.3, 0.4) is 0 Å². The van der Waals surface area contributed by atoms with Crippen LogP contribution >= 0.6 is 0 Å². The highest BCUT2D eigenvalue weighted by molar-refractivity contribution is 6.24. The maximum atomic E-state index is 14.4. The van der Waals surface area contributed by atoms with Gasteiger partial charge in [-0.3, -0.25) is 24.2 Å². The zero-order valence-corrected chi connectivity index (χ0v) is 35.3. The molecule has 326 valence electrons. The monoisotopic (exact) mass is 844 g/mol. The molecule has 17 heteroatoms. The van der Waals surface area contributed by atoms with Crippen LogP contribution in [0, 0.1) is 30.6 Å². The van der Waals surface area contributed by atoms with Crippen molar-refractivity contribution in [1.29, 1.82) is 0 Å². The molecule has 5 bridgehead atoms. The second-order valence-electron chi connectivity index (χ2n) is 15.6. The molecule has 0 spiro atoms. The van der Waals surface area contributed by atoms with Crippen molar-refractivity contribution in [2.45, 2.75) is 85.6 Å². The maximum absolute atomic E-state index is 14.4. The van der Waals surface area contributed by atoms with Gasteiger partial charge in [0.05, 0.1) is 53.0 Å². The van der Waals surface area contributed by atoms with Gasteiger partial charge in [-0.15, -0.1) is 0 Å². The second-order valence-corrected chi connectivity index (χ2v) is 15.6. The molecular formula is C44H52N4O13. The number of Topliss-reactive ketones (excluding diaryl/α,β-unsaturated/α-hetero) is 1. The summed E-state index contributed by atoms with van der Waals surface area (Å²) >= 11 is 0. The number of anilines is 1. The minimum absolute atomic E-state index is 0.0115. The number of carbonyl (C=O) groups excluding carboxylic acids is 4. The number of aromatic nitrogens is 1. The lowest BCUT2D eigenvalue weighted by molar-refractivity contribution is -0.160. The normalized spacial score (nSPS) is 29.3. The summed E-state index contributed by atoms with van der Waals surface area (Å²) in [5.41, 5.74) is 1.50. The van der Waals surface area contributed by atoms with Gasteiger partial charge in [-0.05, 0) is 32.1 Å². The van der Waals surface area contributed by atoms with Gasteiger partial charge in [0.25, 0.3) is 17.6 Å². The zero-order chi connectivity index (χ0) is 45.1. The Bertz CT molecular complexity index is 2320. The van der Waals surface area contributed by atoms with Crippen LogP contribution in [0.15, 0.2) is 65.8 Å². The van der Waals surface area contributed by atoms with Crippen molar-refractivity contribution >= 4 is 46.2 Å². The molecule has 7 N–H and O–H groups in total. The first-order valence-corrected chi connectivity index (χ1v) is 19.6. The molecule has 3 aliphatic rings. The van der Waals surface area contributed by atoms with Gasteiger partial charge in [-0.1, -0.05) is 45.9 Å². The molecule has 0 fully saturated rings. The third kappa shape index (κ3) is 9.08. The Kier molecular flexibility index (Phi) is 13.9. The van der Waals surface area contributed by atoms with Gasteiger partial charge in [-0.2, -0.15) is 5.10 Å². The Morgan fingerprint density at radius 2 is 1.62 bits per heavy atom. The molecule has 3 aromatic rings. The zero-order valence-electron chi connectivity index (χ0n) is 35.3. The van der Waals surface area contributed by atoms with Crippen molar-refractivity contribution in [1.82, 2.24) is 10.4 Å². The fourth-order valence-electron chi connectivity index (χ4n) is 7.60. The van der Waals surface area contributed by atoms with Crippen LogP contribution in [0.5, 0.6) is 23.0 Å². The molecule has 1 aromatic heterocycles. The SMILES string of the molecule is COC1/C=C\OC2(C)Oc3c(C)c(O)c4c(O)c(c(/C=N\NC(=O)c5ccncc5)c(O)c4c3C2=O)NC(=O)/C(C)=C\C=C/C(C)C(O)C(C)C(O)C(C)C(OC(C)=O)C1C. The van der Waals surface area contributed by atoms with Crippen molar-refractivity contribution in [2.24, 2.45) is 28.8 Å². The number of esters is 1. The number of phenols is 3. The summed E-state index contributed by atoms with van der Waals surface area (Å²) in [7, 11) is 1.41. The molecule has 0 aliphatic carbocycles. The van der Waals surface area contributed by atoms with Crippen molar-refractivity contribution in [3.63, 3.8) is 0 Å². The number of ketones is 1. The first-order chi connectivity index (χ1) is 28.7. The molecule has 17 nitrogen and oxygen atoms in total. The number of rotatable bonds is 5. The maximum Gasteiger partial charge on any atom is 0.312 e. The Balaban J connectivity index is 1.70. The van der Waals surface area contributed by atoms with E-state index in [0.29, 0.717) is 0 Å². The van der Waals surface area contributed by atoms with Crippen LogP contribution in [0.2, 0.25) is 0 Å². The number of phenolic OH excluding ortho intramolecular Hbond substituents is 3. The van der Waals surface area contributed by atoms with E-state index in [1.165, 1.54) is 77.6 Å². The van der Waals surface area contributed by atoms with E-state index in [-0.39, 0.29) is 39.0 Å². The van der Waals surface area contributed by atoms with E-state index in [1.807, 2.05) is 0 Å². The van der Waals surface area contributed by atoms with Crippen LogP contribution in [0.4, 0.5) is 5.69 Å². The number of aromatic hydroxyl groups is 3. The van der Waals surface area contributed by atoms with Gasteiger partial charge < -0.3 is 49.8 Å². The van der Waals surface area contributed by atoms with Gasteiger partial charge in [0.2, 0.25) is 0 Å². The first kappa shape index (κ1) is 45.8. The van der Waals surface area contributed by atoms with E-state index in [1.54, 1.807) is 33.8 Å². The number of pyridine rings is 1. The third-order valence-electron chi connectivity index (χ3n) is 11.3. The number of hydrogen-bond donors (Lipinski definition) is 7. The second kappa shape index (κ2) is 18.5. The fraction of sp³-hybridized carbons (Fsp3) is 0.409. The van der Waals surface area contributed by atoms with Crippen molar-refractivity contribution < 1.29 is 63.7 Å². The molecule has 0 saturated carbocycles. The highest BCUT2D eigenvalue weighted by atomic mass is 16.7. The number of amides is 2. The minimum Gasteiger partial charge on any atom is -0.507 e. The number of carbonyl (C=O) groups is 4. The molecule has 2 amide bonds. The largest absolute Gasteiger partial charge is 0.507 e. The van der Waals surface area contributed by atoms with Crippen molar-refractivity contribution in [3.8, 4) is 23.0 Å². The number of aliphatic hydroxyl groups is 2. The summed E-state index contributed by atoms with van der Waals surface area (Å²) in [5, 5.41) is 63.9. The van der Waals surface area contributed by atoms with Crippen molar-refractivity contribution in [3.05, 3.63) is 82.9 Å². The average molecular weight is 845 g/mol. The number of ether oxygens (including phenoxy) is 4. The van der Waals surface area contributed by atoms with Crippen LogP contribution in [-0.4, -0.2) is 97.6 Å².